The van der Waals surface area contributed by atoms with E-state index in [1.54, 1.807) is 11.9 Å². The first kappa shape index (κ1) is 14.6. The van der Waals surface area contributed by atoms with E-state index >= 15 is 0 Å². The number of rotatable bonds is 6. The molecule has 2 aromatic carbocycles. The van der Waals surface area contributed by atoms with Crippen molar-refractivity contribution >= 4 is 29.6 Å². The summed E-state index contributed by atoms with van der Waals surface area (Å²) in [4.78, 5) is 0. The number of hydrogen-bond donors (Lipinski definition) is 0. The Balaban J connectivity index is 1.74. The van der Waals surface area contributed by atoms with Gasteiger partial charge >= 0.3 is 0 Å². The molecule has 0 bridgehead atoms. The third-order valence-electron chi connectivity index (χ3n) is 3.40. The minimum absolute atomic E-state index is 0.821. The van der Waals surface area contributed by atoms with Crippen LogP contribution in [0.5, 0.6) is 0 Å². The average Bonchev–Trinajstić information content (AvgIpc) is 3.10. The molecule has 0 amide bonds. The van der Waals surface area contributed by atoms with E-state index in [2.05, 4.69) is 57.5 Å². The Morgan fingerprint density at radius 2 is 1.86 bits per heavy atom. The Morgan fingerprint density at radius 3 is 2.50 bits per heavy atom. The van der Waals surface area contributed by atoms with Gasteiger partial charge in [-0.2, -0.15) is 10.2 Å². The molecular formula is C18H17N3S. The average molecular weight is 307 g/mol. The van der Waals surface area contributed by atoms with Gasteiger partial charge in [0.2, 0.25) is 0 Å². The van der Waals surface area contributed by atoms with Gasteiger partial charge in [-0.05, 0) is 40.6 Å². The number of para-hydroxylation sites is 1. The molecule has 0 spiro atoms. The molecule has 0 aliphatic carbocycles. The molecule has 0 saturated carbocycles. The maximum Gasteiger partial charge on any atom is 0.0756 e. The van der Waals surface area contributed by atoms with Crippen LogP contribution in [0.4, 0.5) is 5.69 Å². The van der Waals surface area contributed by atoms with Crippen LogP contribution >= 0.6 is 11.9 Å². The predicted molar refractivity (Wildman–Crippen MR) is 96.5 cm³/mol. The molecule has 4 heteroatoms. The third kappa shape index (κ3) is 3.46. The summed E-state index contributed by atoms with van der Waals surface area (Å²) in [5.41, 5.74) is 4.60. The molecule has 1 aliphatic heterocycles. The molecule has 3 rings (SSSR count). The maximum atomic E-state index is 4.13. The predicted octanol–water partition coefficient (Wildman–Crippen LogP) is 4.66. The van der Waals surface area contributed by atoms with Crippen LogP contribution in [0.3, 0.4) is 0 Å². The van der Waals surface area contributed by atoms with E-state index in [4.69, 9.17) is 0 Å². The van der Waals surface area contributed by atoms with E-state index < -0.39 is 0 Å². The summed E-state index contributed by atoms with van der Waals surface area (Å²) < 4.78 is 2.22. The topological polar surface area (TPSA) is 28.0 Å². The van der Waals surface area contributed by atoms with Crippen molar-refractivity contribution in [2.45, 2.75) is 13.0 Å². The fraction of sp³-hybridized carbons (Fsp3) is 0.111. The maximum absolute atomic E-state index is 4.13. The molecule has 0 atom stereocenters. The zero-order valence-corrected chi connectivity index (χ0v) is 13.0. The molecule has 0 fully saturated rings. The van der Waals surface area contributed by atoms with Gasteiger partial charge in [0.05, 0.1) is 12.3 Å². The Morgan fingerprint density at radius 1 is 1.09 bits per heavy atom. The largest absolute Gasteiger partial charge is 0.308 e. The lowest BCUT2D eigenvalue weighted by molar-refractivity contribution is 1.06. The second kappa shape index (κ2) is 7.09. The van der Waals surface area contributed by atoms with E-state index in [9.17, 15) is 0 Å². The van der Waals surface area contributed by atoms with Crippen LogP contribution in [-0.2, 0) is 6.54 Å². The number of hydrogen-bond acceptors (Lipinski definition) is 4. The highest BCUT2D eigenvalue weighted by molar-refractivity contribution is 8.03. The molecule has 3 nitrogen and oxygen atoms in total. The van der Waals surface area contributed by atoms with Crippen molar-refractivity contribution in [3.63, 3.8) is 0 Å². The number of nitrogens with zero attached hydrogens (tertiary/aromatic N) is 3. The van der Waals surface area contributed by atoms with E-state index in [0.717, 1.165) is 24.2 Å². The molecular weight excluding hydrogens is 290 g/mol. The lowest BCUT2D eigenvalue weighted by Gasteiger charge is -2.21. The number of benzene rings is 2. The van der Waals surface area contributed by atoms with E-state index in [-0.39, 0.29) is 0 Å². The van der Waals surface area contributed by atoms with Crippen LogP contribution < -0.4 is 4.31 Å². The molecule has 22 heavy (non-hydrogen) atoms. The highest BCUT2D eigenvalue weighted by Gasteiger charge is 2.09. The van der Waals surface area contributed by atoms with Crippen LogP contribution in [0.1, 0.15) is 17.5 Å². The van der Waals surface area contributed by atoms with Crippen molar-refractivity contribution in [2.75, 3.05) is 4.31 Å². The normalized spacial score (nSPS) is 13.0. The summed E-state index contributed by atoms with van der Waals surface area (Å²) in [6, 6.07) is 18.9. The van der Waals surface area contributed by atoms with Crippen LogP contribution in [-0.4, -0.2) is 11.9 Å². The zero-order valence-electron chi connectivity index (χ0n) is 12.2. The van der Waals surface area contributed by atoms with Gasteiger partial charge < -0.3 is 4.31 Å². The monoisotopic (exact) mass is 307 g/mol. The van der Waals surface area contributed by atoms with Crippen LogP contribution in [0.2, 0.25) is 0 Å². The fourth-order valence-corrected chi connectivity index (χ4v) is 2.94. The van der Waals surface area contributed by atoms with Gasteiger partial charge in [-0.3, -0.25) is 0 Å². The van der Waals surface area contributed by atoms with Gasteiger partial charge in [0.1, 0.15) is 0 Å². The van der Waals surface area contributed by atoms with E-state index in [1.165, 1.54) is 11.3 Å². The number of anilines is 1. The lowest BCUT2D eigenvalue weighted by Crippen LogP contribution is -2.12. The summed E-state index contributed by atoms with van der Waals surface area (Å²) in [5, 5.41) is 9.90. The Hall–Kier alpha value is -2.33. The van der Waals surface area contributed by atoms with Gasteiger partial charge in [-0.1, -0.05) is 49.0 Å². The molecule has 0 unspecified atom stereocenters. The summed E-state index contributed by atoms with van der Waals surface area (Å²) >= 11 is 1.61. The van der Waals surface area contributed by atoms with Crippen molar-refractivity contribution < 1.29 is 0 Å². The summed E-state index contributed by atoms with van der Waals surface area (Å²) in [7, 11) is 0. The molecule has 1 heterocycles. The Kier molecular flexibility index (Phi) is 4.71. The third-order valence-corrected chi connectivity index (χ3v) is 4.15. The van der Waals surface area contributed by atoms with Crippen molar-refractivity contribution in [3.05, 3.63) is 77.7 Å². The lowest BCUT2D eigenvalue weighted by atomic mass is 10.1. The van der Waals surface area contributed by atoms with E-state index in [0.29, 0.717) is 0 Å². The summed E-state index contributed by atoms with van der Waals surface area (Å²) in [6.45, 7) is 4.65. The first-order chi connectivity index (χ1) is 10.9. The molecule has 0 radical (unpaired) electrons. The van der Waals surface area contributed by atoms with Crippen LogP contribution in [0, 0.1) is 0 Å². The van der Waals surface area contributed by atoms with Crippen molar-refractivity contribution in [2.24, 2.45) is 10.2 Å². The van der Waals surface area contributed by atoms with E-state index in [1.807, 2.05) is 29.8 Å². The van der Waals surface area contributed by atoms with Crippen molar-refractivity contribution in [3.8, 4) is 0 Å². The fourth-order valence-electron chi connectivity index (χ4n) is 2.30. The van der Waals surface area contributed by atoms with Crippen LogP contribution in [0.15, 0.2) is 76.8 Å². The summed E-state index contributed by atoms with van der Waals surface area (Å²) in [6.07, 6.45) is 2.66. The highest BCUT2D eigenvalue weighted by atomic mass is 32.2. The second-order valence-electron chi connectivity index (χ2n) is 4.89. The summed E-state index contributed by atoms with van der Waals surface area (Å²) in [5.74, 6) is 0. The minimum atomic E-state index is 0.821. The molecule has 0 aromatic heterocycles. The second-order valence-corrected chi connectivity index (χ2v) is 5.87. The van der Waals surface area contributed by atoms with Gasteiger partial charge in [-0.25, -0.2) is 0 Å². The molecule has 0 saturated heterocycles. The first-order valence-corrected chi connectivity index (χ1v) is 7.98. The molecule has 0 N–H and O–H groups in total. The minimum Gasteiger partial charge on any atom is -0.308 e. The molecule has 1 aliphatic rings. The van der Waals surface area contributed by atoms with Crippen molar-refractivity contribution in [1.29, 1.82) is 0 Å². The van der Waals surface area contributed by atoms with Gasteiger partial charge in [0.15, 0.2) is 0 Å². The first-order valence-electron chi connectivity index (χ1n) is 7.15. The standard InChI is InChI=1S/C18H17N3S/c1-2-22-21(17-6-4-3-5-7-17)14-15-8-10-16(11-9-15)18-12-13-19-20-18/h2-11,13H,1,12,14H2. The zero-order chi connectivity index (χ0) is 15.2. The molecule has 110 valence electrons. The SMILES string of the molecule is C=CSN(Cc1ccc(C2=NN=CC2)cc1)c1ccccc1. The Labute approximate surface area is 135 Å². The van der Waals surface area contributed by atoms with Gasteiger partial charge in [0, 0.05) is 18.3 Å². The smallest absolute Gasteiger partial charge is 0.0756 e. The van der Waals surface area contributed by atoms with Gasteiger partial charge in [-0.15, -0.1) is 0 Å². The highest BCUT2D eigenvalue weighted by Crippen LogP contribution is 2.25. The van der Waals surface area contributed by atoms with Gasteiger partial charge in [0.25, 0.3) is 0 Å². The molecule has 2 aromatic rings. The van der Waals surface area contributed by atoms with Crippen LogP contribution in [0.25, 0.3) is 0 Å². The Bertz CT molecular complexity index is 690. The van der Waals surface area contributed by atoms with Crippen molar-refractivity contribution in [1.82, 2.24) is 0 Å². The quantitative estimate of drug-likeness (QED) is 0.726.